The van der Waals surface area contributed by atoms with E-state index in [1.807, 2.05) is 0 Å². The van der Waals surface area contributed by atoms with E-state index in [-0.39, 0.29) is 1620 Å². The molecule has 0 aromatic heterocycles. The van der Waals surface area contributed by atoms with Crippen LogP contribution in [-0.4, -0.2) is 1390 Å². The molecule has 0 heterocycles. The molecule has 0 aliphatic carbocycles. The molecule has 0 aromatic carbocycles. The fourth-order valence-corrected chi connectivity index (χ4v) is 0. The Hall–Kier alpha value is 39.1. The van der Waals surface area contributed by atoms with Crippen molar-refractivity contribution in [2.45, 2.75) is 0 Å². The van der Waals surface area contributed by atoms with Gasteiger partial charge in [-0.15, -0.1) is 0 Å². The Morgan fingerprint density at radius 2 is 0.0154 bits per heavy atom. The molecule has 130 heteroatoms. The molecule has 0 rings (SSSR count). The van der Waals surface area contributed by atoms with Gasteiger partial charge in [0.25, 0.3) is 0 Å². The molecule has 0 nitrogen and oxygen atoms in total. The molecule has 0 radical (unpaired) electrons. The Kier molecular flexibility index (Phi) is 73800. The van der Waals surface area contributed by atoms with Gasteiger partial charge in [0.05, 0.1) is 0 Å². The molecule has 0 aliphatic rings. The van der Waals surface area contributed by atoms with Crippen LogP contribution in [0.25, 0.3) is 0 Å². The summed E-state index contributed by atoms with van der Waals surface area (Å²) < 4.78 is 0. The van der Waals surface area contributed by atoms with Gasteiger partial charge < -0.3 is 0 Å². The minimum absolute atomic E-state index is 0. The third kappa shape index (κ3) is 3020. The monoisotopic (exact) mass is 3160 g/mol. The summed E-state index contributed by atoms with van der Waals surface area (Å²) >= 11 is 0. The maximum atomic E-state index is 0. The van der Waals surface area contributed by atoms with Crippen molar-refractivity contribution in [2.24, 2.45) is 0 Å². The van der Waals surface area contributed by atoms with Crippen LogP contribution in [-0.2, 0) is 0 Å². The molecule has 0 bridgehead atoms. The normalized spacial score (nSPS) is 0. The van der Waals surface area contributed by atoms with E-state index < -0.39 is 0 Å². The van der Waals surface area contributed by atoms with E-state index in [1.54, 1.807) is 0 Å². The standard InChI is InChI=1S/80Al.50FH/h;;;;;;;;;;;;;;;;;;;;;;;;;;;;;;;;;;;;;;;;;;;;;;;;;;;;;;;;;;;;;;;;;;;;;;;;;;;;;;;;50*1H/q80*+3;;;;;;;;;;;;;;;;;;;;;;;;;;;;;;;;;;;;;;;;;;;;;;;;;;. The first kappa shape index (κ1) is 3130. The van der Waals surface area contributed by atoms with E-state index in [1.165, 1.54) is 0 Å². The second-order valence-corrected chi connectivity index (χ2v) is 0. The Bertz CT molecular complexity index is 125. The average molecular weight is 3160 g/mol. The molecule has 0 N–H and O–H groups in total. The summed E-state index contributed by atoms with van der Waals surface area (Å²) in [4.78, 5) is 0. The molecule has 0 aromatic rings. The summed E-state index contributed by atoms with van der Waals surface area (Å²) in [5.41, 5.74) is 0. The smallest absolute Gasteiger partial charge is 0.269 e. The maximum Gasteiger partial charge on any atom is 3.00 e. The van der Waals surface area contributed by atoms with Crippen molar-refractivity contribution in [3.63, 3.8) is 0 Å². The largest absolute Gasteiger partial charge is 3.00 e. The van der Waals surface area contributed by atoms with E-state index in [4.69, 9.17) is 0 Å². The fraction of sp³-hybridized carbons (Fsp3) is 0. The zero-order valence-corrected chi connectivity index (χ0v) is 159. The van der Waals surface area contributed by atoms with Gasteiger partial charge in [-0.2, -0.15) is 0 Å². The first-order valence-electron chi connectivity index (χ1n) is 0. The van der Waals surface area contributed by atoms with Crippen molar-refractivity contribution in [3.8, 4) is 0 Å². The van der Waals surface area contributed by atoms with Gasteiger partial charge in [-0.25, -0.2) is 0 Å². The van der Waals surface area contributed by atoms with Crippen LogP contribution in [0.2, 0.25) is 0 Å². The molecule has 400 valence electrons. The van der Waals surface area contributed by atoms with Crippen molar-refractivity contribution >= 4 is 1390 Å². The third-order valence-electron chi connectivity index (χ3n) is 0. The third-order valence-corrected chi connectivity index (χ3v) is 0. The van der Waals surface area contributed by atoms with Crippen molar-refractivity contribution in [1.29, 1.82) is 0 Å². The summed E-state index contributed by atoms with van der Waals surface area (Å²) in [7, 11) is 0. The minimum Gasteiger partial charge on any atom is -0.269 e. The van der Waals surface area contributed by atoms with Crippen molar-refractivity contribution in [3.05, 3.63) is 0 Å². The molecular weight excluding hydrogens is 3110 g/mol. The second kappa shape index (κ2) is 3070. The van der Waals surface area contributed by atoms with E-state index in [9.17, 15) is 0 Å². The van der Waals surface area contributed by atoms with Crippen molar-refractivity contribution < 1.29 is 235 Å². The van der Waals surface area contributed by atoms with E-state index >= 15 is 0 Å². The number of hydrogen-bond acceptors (Lipinski definition) is 0. The summed E-state index contributed by atoms with van der Waals surface area (Å²) in [5, 5.41) is 0. The van der Waals surface area contributed by atoms with Crippen molar-refractivity contribution in [2.75, 3.05) is 0 Å². The average Bonchev–Trinajstić information content (AvgIpc) is 0. The summed E-state index contributed by atoms with van der Waals surface area (Å²) in [6, 6.07) is 0. The van der Waals surface area contributed by atoms with Gasteiger partial charge in [-0.3, -0.25) is 235 Å². The van der Waals surface area contributed by atoms with Crippen LogP contribution >= 0.6 is 0 Å². The van der Waals surface area contributed by atoms with Crippen LogP contribution in [0.5, 0.6) is 0 Å². The minimum atomic E-state index is 0. The van der Waals surface area contributed by atoms with Gasteiger partial charge in [0, 0.05) is 0 Å². The molecule has 0 amide bonds. The second-order valence-electron chi connectivity index (χ2n) is 0. The van der Waals surface area contributed by atoms with Gasteiger partial charge in [-0.1, -0.05) is 0 Å². The Balaban J connectivity index is 0. The van der Waals surface area contributed by atoms with Gasteiger partial charge in [-0.05, 0) is 0 Å². The molecule has 0 atom stereocenters. The predicted molar refractivity (Wildman–Crippen MR) is 585 cm³/mol. The zero-order valence-electron chi connectivity index (χ0n) is 66.6. The molecule has 130 heavy (non-hydrogen) atoms. The SMILES string of the molecule is F.F.F.F.F.F.F.F.F.F.F.F.F.F.F.F.F.F.F.F.F.F.F.F.F.F.F.F.F.F.F.F.F.F.F.F.F.F.F.F.F.F.F.F.F.F.F.F.F.F.[Al+3].[Al+3].[Al+3].[Al+3].[Al+3].[Al+3].[Al+3].[Al+3].[Al+3].[Al+3].[Al+3].[Al+3].[Al+3].[Al+3].[Al+3].[Al+3].[Al+3].[Al+3].[Al+3].[Al+3].[Al+3].[Al+3].[Al+3].[Al+3].[Al+3].[Al+3].[Al+3].[Al+3].[Al+3].[Al+3].[Al+3].[Al+3].[Al+3].[Al+3].[Al+3].[Al+3].[Al+3].[Al+3].[Al+3].[Al+3].[Al+3].[Al+3].[Al+3].[Al+3].[Al+3].[Al+3].[Al+3].[Al+3].[Al+3].[Al+3].[Al+3].[Al+3].[Al+3].[Al+3].[Al+3].[Al+3].[Al+3].[Al+3].[Al+3].[Al+3].[Al+3].[Al+3].[Al+3].[Al+3].[Al+3].[Al+3].[Al+3].[Al+3].[Al+3].[Al+3].[Al+3].[Al+3].[Al+3].[Al+3].[Al+3].[Al+3].[Al+3].[Al+3].[Al+3].[Al+3]. The molecule has 0 saturated carbocycles. The fourth-order valence-electron chi connectivity index (χ4n) is 0. The molecule has 0 spiro atoms. The number of halogens is 50. The van der Waals surface area contributed by atoms with Crippen LogP contribution < -0.4 is 0 Å². The number of hydrogen-bond donors (Lipinski definition) is 0. The Labute approximate surface area is 1590 Å². The van der Waals surface area contributed by atoms with Crippen LogP contribution in [0.4, 0.5) is 235 Å². The predicted octanol–water partition coefficient (Wildman–Crippen LogP) is -22.8. The molecule has 0 fully saturated rings. The van der Waals surface area contributed by atoms with E-state index in [0.717, 1.165) is 0 Å². The Morgan fingerprint density at radius 3 is 0.0154 bits per heavy atom. The number of rotatable bonds is 0. The molecule has 0 aliphatic heterocycles. The summed E-state index contributed by atoms with van der Waals surface area (Å²) in [5.74, 6) is 0. The van der Waals surface area contributed by atoms with Gasteiger partial charge in [0.1, 0.15) is 0 Å². The van der Waals surface area contributed by atoms with Crippen LogP contribution in [0, 0.1) is 0 Å². The quantitative estimate of drug-likeness (QED) is 0.168. The van der Waals surface area contributed by atoms with Gasteiger partial charge >= 0.3 is 1390 Å². The van der Waals surface area contributed by atoms with Crippen LogP contribution in [0.3, 0.4) is 0 Å². The molecule has 0 unspecified atom stereocenters. The first-order chi connectivity index (χ1) is 0. The van der Waals surface area contributed by atoms with Crippen LogP contribution in [0.15, 0.2) is 0 Å². The van der Waals surface area contributed by atoms with Gasteiger partial charge in [0.15, 0.2) is 0 Å². The molecule has 0 saturated heterocycles. The topological polar surface area (TPSA) is 0 Å². The Morgan fingerprint density at radius 1 is 0.0154 bits per heavy atom. The van der Waals surface area contributed by atoms with Crippen LogP contribution in [0.1, 0.15) is 0 Å². The van der Waals surface area contributed by atoms with Gasteiger partial charge in [0.2, 0.25) is 0 Å². The summed E-state index contributed by atoms with van der Waals surface area (Å²) in [6.07, 6.45) is 0. The summed E-state index contributed by atoms with van der Waals surface area (Å²) in [6.45, 7) is 0. The van der Waals surface area contributed by atoms with E-state index in [0.29, 0.717) is 0 Å². The maximum absolute atomic E-state index is 0. The molecular formula is H50Al80F50+240. The zero-order chi connectivity index (χ0) is 0. The van der Waals surface area contributed by atoms with E-state index in [2.05, 4.69) is 0 Å². The first-order valence-corrected chi connectivity index (χ1v) is 0. The van der Waals surface area contributed by atoms with Crippen molar-refractivity contribution in [1.82, 2.24) is 0 Å².